The van der Waals surface area contributed by atoms with Crippen LogP contribution in [0, 0.1) is 0 Å². The summed E-state index contributed by atoms with van der Waals surface area (Å²) in [6.07, 6.45) is 1.63. The molecular formula is C23H20BrN3O2. The van der Waals surface area contributed by atoms with Crippen molar-refractivity contribution in [2.24, 2.45) is 5.10 Å². The lowest BCUT2D eigenvalue weighted by Gasteiger charge is -2.17. The molecule has 0 atom stereocenters. The zero-order chi connectivity index (χ0) is 20.2. The Morgan fingerprint density at radius 2 is 1.86 bits per heavy atom. The largest absolute Gasteiger partial charge is 0.497 e. The van der Waals surface area contributed by atoms with E-state index in [0.717, 1.165) is 40.1 Å². The topological polar surface area (TPSA) is 53.9 Å². The molecule has 1 aliphatic rings. The fourth-order valence-corrected chi connectivity index (χ4v) is 3.75. The maximum atomic E-state index is 12.5. The predicted octanol–water partition coefficient (Wildman–Crippen LogP) is 4.74. The number of hydrogen-bond acceptors (Lipinski definition) is 4. The molecule has 3 aromatic rings. The van der Waals surface area contributed by atoms with Crippen LogP contribution in [0.25, 0.3) is 0 Å². The minimum absolute atomic E-state index is 0.220. The molecule has 1 amide bonds. The minimum Gasteiger partial charge on any atom is -0.497 e. The molecule has 4 rings (SSSR count). The summed E-state index contributed by atoms with van der Waals surface area (Å²) in [5.41, 5.74) is 7.63. The van der Waals surface area contributed by atoms with Gasteiger partial charge in [-0.1, -0.05) is 34.1 Å². The van der Waals surface area contributed by atoms with Gasteiger partial charge in [-0.25, -0.2) is 5.43 Å². The molecule has 1 N–H and O–H groups in total. The normalized spacial score (nSPS) is 12.8. The molecule has 0 unspecified atom stereocenters. The van der Waals surface area contributed by atoms with Crippen molar-refractivity contribution >= 4 is 33.7 Å². The third-order valence-electron chi connectivity index (χ3n) is 4.86. The van der Waals surface area contributed by atoms with Gasteiger partial charge in [-0.15, -0.1) is 0 Å². The number of methoxy groups -OCH3 is 1. The van der Waals surface area contributed by atoms with E-state index in [1.165, 1.54) is 5.56 Å². The second-order valence-electron chi connectivity index (χ2n) is 6.79. The molecule has 0 aromatic heterocycles. The molecule has 0 fully saturated rings. The second-order valence-corrected chi connectivity index (χ2v) is 7.71. The smallest absolute Gasteiger partial charge is 0.271 e. The van der Waals surface area contributed by atoms with Crippen molar-refractivity contribution in [2.45, 2.75) is 13.1 Å². The number of ether oxygens (including phenoxy) is 1. The van der Waals surface area contributed by atoms with Crippen molar-refractivity contribution in [3.8, 4) is 5.75 Å². The van der Waals surface area contributed by atoms with Crippen LogP contribution in [0.5, 0.6) is 5.75 Å². The van der Waals surface area contributed by atoms with Gasteiger partial charge in [0, 0.05) is 28.8 Å². The van der Waals surface area contributed by atoms with Crippen LogP contribution in [0.1, 0.15) is 27.0 Å². The van der Waals surface area contributed by atoms with Crippen LogP contribution >= 0.6 is 15.9 Å². The number of nitrogens with zero attached hydrogens (tertiary/aromatic N) is 2. The Labute approximate surface area is 178 Å². The fraction of sp³-hybridized carbons (Fsp3) is 0.130. The molecule has 1 heterocycles. The van der Waals surface area contributed by atoms with Crippen molar-refractivity contribution in [3.63, 3.8) is 0 Å². The third kappa shape index (κ3) is 4.49. The van der Waals surface area contributed by atoms with Crippen LogP contribution in [0.15, 0.2) is 76.3 Å². The SMILES string of the molecule is COc1ccc(N2Cc3ccc(C(=O)N/N=C/c4cccc(Br)c4)cc3C2)cc1. The number of halogens is 1. The first-order chi connectivity index (χ1) is 14.1. The average molecular weight is 450 g/mol. The Hall–Kier alpha value is -3.12. The van der Waals surface area contributed by atoms with Crippen molar-refractivity contribution in [2.75, 3.05) is 12.0 Å². The summed E-state index contributed by atoms with van der Waals surface area (Å²) in [4.78, 5) is 14.7. The highest BCUT2D eigenvalue weighted by Crippen LogP contribution is 2.30. The molecule has 29 heavy (non-hydrogen) atoms. The number of carbonyl (C=O) groups is 1. The molecule has 0 spiro atoms. The van der Waals surface area contributed by atoms with Gasteiger partial charge in [0.1, 0.15) is 5.75 Å². The maximum absolute atomic E-state index is 12.5. The number of fused-ring (bicyclic) bond motifs is 1. The van der Waals surface area contributed by atoms with Gasteiger partial charge < -0.3 is 9.64 Å². The first-order valence-electron chi connectivity index (χ1n) is 9.22. The van der Waals surface area contributed by atoms with Gasteiger partial charge >= 0.3 is 0 Å². The Morgan fingerprint density at radius 1 is 1.07 bits per heavy atom. The van der Waals surface area contributed by atoms with E-state index in [4.69, 9.17) is 4.74 Å². The van der Waals surface area contributed by atoms with Crippen LogP contribution in [-0.4, -0.2) is 19.2 Å². The van der Waals surface area contributed by atoms with Crippen LogP contribution in [0.4, 0.5) is 5.69 Å². The number of rotatable bonds is 5. The summed E-state index contributed by atoms with van der Waals surface area (Å²) >= 11 is 3.42. The van der Waals surface area contributed by atoms with Crippen LogP contribution in [-0.2, 0) is 13.1 Å². The third-order valence-corrected chi connectivity index (χ3v) is 5.35. The van der Waals surface area contributed by atoms with Gasteiger partial charge in [-0.2, -0.15) is 5.10 Å². The zero-order valence-electron chi connectivity index (χ0n) is 15.9. The van der Waals surface area contributed by atoms with Gasteiger partial charge in [0.25, 0.3) is 5.91 Å². The van der Waals surface area contributed by atoms with E-state index in [9.17, 15) is 4.79 Å². The van der Waals surface area contributed by atoms with Gasteiger partial charge in [0.05, 0.1) is 13.3 Å². The van der Waals surface area contributed by atoms with Crippen LogP contribution in [0.2, 0.25) is 0 Å². The highest BCUT2D eigenvalue weighted by atomic mass is 79.9. The van der Waals surface area contributed by atoms with E-state index in [0.29, 0.717) is 5.56 Å². The molecule has 1 aliphatic heterocycles. The van der Waals surface area contributed by atoms with E-state index in [-0.39, 0.29) is 5.91 Å². The molecule has 3 aromatic carbocycles. The van der Waals surface area contributed by atoms with E-state index < -0.39 is 0 Å². The standard InChI is InChI=1S/C23H20BrN3O2/c1-29-22-9-7-21(8-10-22)27-14-18-6-5-17(12-19(18)15-27)23(28)26-25-13-16-3-2-4-20(24)11-16/h2-13H,14-15H2,1H3,(H,26,28)/b25-13+. The molecule has 6 heteroatoms. The predicted molar refractivity (Wildman–Crippen MR) is 119 cm³/mol. The lowest BCUT2D eigenvalue weighted by Crippen LogP contribution is -2.17. The van der Waals surface area contributed by atoms with Crippen molar-refractivity contribution in [1.82, 2.24) is 5.43 Å². The summed E-state index contributed by atoms with van der Waals surface area (Å²) < 4.78 is 6.19. The first-order valence-corrected chi connectivity index (χ1v) is 10.0. The molecule has 146 valence electrons. The number of hydrazone groups is 1. The molecule has 5 nitrogen and oxygen atoms in total. The Bertz CT molecular complexity index is 1060. The Kier molecular flexibility index (Phi) is 5.62. The van der Waals surface area contributed by atoms with Crippen LogP contribution < -0.4 is 15.1 Å². The summed E-state index contributed by atoms with van der Waals surface area (Å²) in [6.45, 7) is 1.59. The zero-order valence-corrected chi connectivity index (χ0v) is 17.5. The number of hydrogen-bond donors (Lipinski definition) is 1. The molecular weight excluding hydrogens is 430 g/mol. The van der Waals surface area contributed by atoms with Gasteiger partial charge in [0.15, 0.2) is 0 Å². The van der Waals surface area contributed by atoms with Gasteiger partial charge in [0.2, 0.25) is 0 Å². The highest BCUT2D eigenvalue weighted by molar-refractivity contribution is 9.10. The monoisotopic (exact) mass is 449 g/mol. The fourth-order valence-electron chi connectivity index (χ4n) is 3.33. The summed E-state index contributed by atoms with van der Waals surface area (Å²) in [5.74, 6) is 0.620. The van der Waals surface area contributed by atoms with Gasteiger partial charge in [-0.3, -0.25) is 4.79 Å². The maximum Gasteiger partial charge on any atom is 0.271 e. The molecule has 0 saturated heterocycles. The summed E-state index contributed by atoms with van der Waals surface area (Å²) in [5, 5.41) is 4.06. The lowest BCUT2D eigenvalue weighted by molar-refractivity contribution is 0.0955. The molecule has 0 radical (unpaired) electrons. The van der Waals surface area contributed by atoms with E-state index in [2.05, 4.69) is 43.5 Å². The number of benzene rings is 3. The van der Waals surface area contributed by atoms with Crippen molar-refractivity contribution in [1.29, 1.82) is 0 Å². The number of nitrogens with one attached hydrogen (secondary N) is 1. The minimum atomic E-state index is -0.220. The van der Waals surface area contributed by atoms with Gasteiger partial charge in [-0.05, 0) is 65.2 Å². The number of anilines is 1. The summed E-state index contributed by atoms with van der Waals surface area (Å²) in [6, 6.07) is 21.5. The van der Waals surface area contributed by atoms with Crippen molar-refractivity contribution < 1.29 is 9.53 Å². The Balaban J connectivity index is 1.42. The van der Waals surface area contributed by atoms with E-state index in [1.54, 1.807) is 13.3 Å². The molecule has 0 aliphatic carbocycles. The first kappa shape index (κ1) is 19.2. The number of amides is 1. The van der Waals surface area contributed by atoms with E-state index in [1.807, 2.05) is 54.6 Å². The second kappa shape index (κ2) is 8.49. The van der Waals surface area contributed by atoms with Crippen molar-refractivity contribution in [3.05, 3.63) is 93.5 Å². The quantitative estimate of drug-likeness (QED) is 0.451. The summed E-state index contributed by atoms with van der Waals surface area (Å²) in [7, 11) is 1.66. The molecule has 0 saturated carbocycles. The average Bonchev–Trinajstić information content (AvgIpc) is 3.17. The lowest BCUT2D eigenvalue weighted by atomic mass is 10.1. The van der Waals surface area contributed by atoms with E-state index >= 15 is 0 Å². The number of carbonyl (C=O) groups excluding carboxylic acids is 1. The van der Waals surface area contributed by atoms with Crippen LogP contribution in [0.3, 0.4) is 0 Å². The molecule has 0 bridgehead atoms. The highest BCUT2D eigenvalue weighted by Gasteiger charge is 2.20. The Morgan fingerprint density at radius 3 is 2.62 bits per heavy atom.